The fraction of sp³-hybridized carbons (Fsp3) is 0.500. The summed E-state index contributed by atoms with van der Waals surface area (Å²) < 4.78 is 20.1. The van der Waals surface area contributed by atoms with Crippen molar-refractivity contribution in [2.24, 2.45) is 11.0 Å². The fourth-order valence-corrected chi connectivity index (χ4v) is 5.29. The number of ether oxygens (including phenoxy) is 1. The molecule has 4 heterocycles. The molecule has 3 aliphatic rings. The predicted octanol–water partition coefficient (Wildman–Crippen LogP) is 4.04. The zero-order valence-electron chi connectivity index (χ0n) is 22.4. The van der Waals surface area contributed by atoms with E-state index in [-0.39, 0.29) is 36.5 Å². The maximum atomic E-state index is 14.8. The number of hydrazone groups is 1. The minimum atomic E-state index is -0.888. The Bertz CT molecular complexity index is 1270. The predicted molar refractivity (Wildman–Crippen MR) is 141 cm³/mol. The van der Waals surface area contributed by atoms with E-state index in [0.29, 0.717) is 38.3 Å². The average Bonchev–Trinajstić information content (AvgIpc) is 3.55. The Morgan fingerprint density at radius 1 is 1.05 bits per heavy atom. The highest BCUT2D eigenvalue weighted by molar-refractivity contribution is 5.97. The van der Waals surface area contributed by atoms with Crippen LogP contribution in [0.25, 0.3) is 0 Å². The van der Waals surface area contributed by atoms with E-state index in [1.54, 1.807) is 32.0 Å². The summed E-state index contributed by atoms with van der Waals surface area (Å²) in [6.45, 7) is 6.31. The second kappa shape index (κ2) is 10.7. The first-order valence-electron chi connectivity index (χ1n) is 13.3. The summed E-state index contributed by atoms with van der Waals surface area (Å²) in [6, 6.07) is 9.79. The second-order valence-electron chi connectivity index (χ2n) is 11.1. The van der Waals surface area contributed by atoms with Gasteiger partial charge in [0.15, 0.2) is 5.82 Å². The van der Waals surface area contributed by atoms with Crippen LogP contribution in [-0.2, 0) is 14.3 Å². The Morgan fingerprint density at radius 3 is 2.46 bits per heavy atom. The number of hydrogen-bond acceptors (Lipinski definition) is 8. The standard InChI is InChI=1S/C28H33FN6O4/c1-28(2,3)39-27(38)34-16-12-20(25(34)37)23-21(29)17-30-26(32-23)33-14-10-19(11-15-33)24(36)35-22(9-13-31-35)18-7-5-4-6-8-18/h4-8,13,17,19-20,22H,9-12,14-16H2,1-3H3/t20?,22-/m0/s1. The molecule has 0 saturated carbocycles. The normalized spacial score (nSPS) is 22.1. The molecular weight excluding hydrogens is 503 g/mol. The van der Waals surface area contributed by atoms with E-state index < -0.39 is 29.3 Å². The van der Waals surface area contributed by atoms with Crippen molar-refractivity contribution in [2.75, 3.05) is 24.5 Å². The molecule has 0 spiro atoms. The summed E-state index contributed by atoms with van der Waals surface area (Å²) in [7, 11) is 0. The van der Waals surface area contributed by atoms with Gasteiger partial charge in [0.1, 0.15) is 5.60 Å². The molecule has 0 N–H and O–H groups in total. The van der Waals surface area contributed by atoms with Gasteiger partial charge in [-0.2, -0.15) is 5.10 Å². The van der Waals surface area contributed by atoms with E-state index in [9.17, 15) is 18.8 Å². The zero-order valence-corrected chi connectivity index (χ0v) is 22.4. The van der Waals surface area contributed by atoms with Gasteiger partial charge in [0.2, 0.25) is 17.8 Å². The van der Waals surface area contributed by atoms with Crippen molar-refractivity contribution in [1.82, 2.24) is 19.9 Å². The third-order valence-corrected chi connectivity index (χ3v) is 7.28. The first kappa shape index (κ1) is 26.7. The third-order valence-electron chi connectivity index (χ3n) is 7.28. The van der Waals surface area contributed by atoms with E-state index in [0.717, 1.165) is 16.7 Å². The molecule has 2 aromatic rings. The monoisotopic (exact) mass is 536 g/mol. The van der Waals surface area contributed by atoms with Crippen LogP contribution in [0.3, 0.4) is 0 Å². The van der Waals surface area contributed by atoms with Crippen LogP contribution < -0.4 is 4.90 Å². The molecule has 1 aromatic heterocycles. The fourth-order valence-electron chi connectivity index (χ4n) is 5.29. The highest BCUT2D eigenvalue weighted by atomic mass is 19.1. The van der Waals surface area contributed by atoms with Gasteiger partial charge in [-0.25, -0.2) is 29.1 Å². The first-order valence-corrected chi connectivity index (χ1v) is 13.3. The number of hydrogen-bond donors (Lipinski definition) is 0. The van der Waals surface area contributed by atoms with Crippen LogP contribution in [-0.4, -0.2) is 69.2 Å². The van der Waals surface area contributed by atoms with Crippen molar-refractivity contribution >= 4 is 30.1 Å². The van der Waals surface area contributed by atoms with Crippen LogP contribution in [0.15, 0.2) is 41.6 Å². The molecule has 2 saturated heterocycles. The molecule has 1 aromatic carbocycles. The lowest BCUT2D eigenvalue weighted by Gasteiger charge is -2.34. The van der Waals surface area contributed by atoms with Gasteiger partial charge >= 0.3 is 6.09 Å². The number of likely N-dealkylation sites (tertiary alicyclic amines) is 1. The summed E-state index contributed by atoms with van der Waals surface area (Å²) in [5.74, 6) is -2.00. The van der Waals surface area contributed by atoms with Crippen LogP contribution in [0.4, 0.5) is 15.1 Å². The Labute approximate surface area is 226 Å². The largest absolute Gasteiger partial charge is 0.443 e. The summed E-state index contributed by atoms with van der Waals surface area (Å²) in [4.78, 5) is 50.3. The molecule has 10 nitrogen and oxygen atoms in total. The molecule has 39 heavy (non-hydrogen) atoms. The van der Waals surface area contributed by atoms with E-state index in [4.69, 9.17) is 4.74 Å². The lowest BCUT2D eigenvalue weighted by Crippen LogP contribution is -2.42. The highest BCUT2D eigenvalue weighted by Gasteiger charge is 2.41. The topological polar surface area (TPSA) is 108 Å². The maximum Gasteiger partial charge on any atom is 0.417 e. The van der Waals surface area contributed by atoms with E-state index in [1.165, 1.54) is 0 Å². The van der Waals surface area contributed by atoms with Crippen LogP contribution in [0.1, 0.15) is 69.7 Å². The van der Waals surface area contributed by atoms with E-state index in [1.807, 2.05) is 35.2 Å². The number of aromatic nitrogens is 2. The van der Waals surface area contributed by atoms with E-state index >= 15 is 0 Å². The van der Waals surface area contributed by atoms with Crippen LogP contribution in [0.5, 0.6) is 0 Å². The molecule has 5 rings (SSSR count). The van der Waals surface area contributed by atoms with Gasteiger partial charge in [0, 0.05) is 38.2 Å². The van der Waals surface area contributed by atoms with Crippen LogP contribution in [0.2, 0.25) is 0 Å². The number of carbonyl (C=O) groups excluding carboxylic acids is 3. The number of imide groups is 1. The van der Waals surface area contributed by atoms with Crippen molar-refractivity contribution in [3.63, 3.8) is 0 Å². The van der Waals surface area contributed by atoms with Crippen molar-refractivity contribution in [1.29, 1.82) is 0 Å². The quantitative estimate of drug-likeness (QED) is 0.580. The molecule has 0 bridgehead atoms. The van der Waals surface area contributed by atoms with Crippen molar-refractivity contribution in [3.8, 4) is 0 Å². The molecule has 2 atom stereocenters. The number of nitrogens with zero attached hydrogens (tertiary/aromatic N) is 6. The lowest BCUT2D eigenvalue weighted by atomic mass is 9.94. The Morgan fingerprint density at radius 2 is 1.77 bits per heavy atom. The lowest BCUT2D eigenvalue weighted by molar-refractivity contribution is -0.138. The minimum absolute atomic E-state index is 0.00301. The molecule has 3 amide bonds. The molecule has 206 valence electrons. The zero-order chi connectivity index (χ0) is 27.7. The summed E-state index contributed by atoms with van der Waals surface area (Å²) in [5, 5.41) is 5.97. The molecule has 11 heteroatoms. The highest BCUT2D eigenvalue weighted by Crippen LogP contribution is 2.34. The van der Waals surface area contributed by atoms with Gasteiger partial charge in [-0.1, -0.05) is 30.3 Å². The summed E-state index contributed by atoms with van der Waals surface area (Å²) >= 11 is 0. The van der Waals surface area contributed by atoms with Gasteiger partial charge in [-0.3, -0.25) is 9.59 Å². The number of rotatable bonds is 4. The van der Waals surface area contributed by atoms with Crippen LogP contribution in [0, 0.1) is 11.7 Å². The SMILES string of the molecule is CC(C)(C)OC(=O)N1CCC(c2nc(N3CCC(C(=O)N4N=CC[C@H]4c4ccccc4)CC3)ncc2F)C1=O. The Kier molecular flexibility index (Phi) is 7.33. The van der Waals surface area contributed by atoms with Gasteiger partial charge in [0.05, 0.1) is 23.9 Å². The smallest absolute Gasteiger partial charge is 0.417 e. The average molecular weight is 537 g/mol. The number of amides is 3. The van der Waals surface area contributed by atoms with Crippen molar-refractivity contribution in [3.05, 3.63) is 53.6 Å². The van der Waals surface area contributed by atoms with Gasteiger partial charge in [0.25, 0.3) is 0 Å². The Hall–Kier alpha value is -3.89. The number of benzene rings is 1. The molecule has 0 aliphatic carbocycles. The van der Waals surface area contributed by atoms with Crippen LogP contribution >= 0.6 is 0 Å². The Balaban J connectivity index is 1.23. The second-order valence-corrected chi connectivity index (χ2v) is 11.1. The third kappa shape index (κ3) is 5.62. The summed E-state index contributed by atoms with van der Waals surface area (Å²) in [5.41, 5.74) is 0.283. The minimum Gasteiger partial charge on any atom is -0.443 e. The molecule has 1 unspecified atom stereocenters. The number of piperidine rings is 1. The number of halogens is 1. The molecule has 3 aliphatic heterocycles. The number of carbonyl (C=O) groups is 3. The van der Waals surface area contributed by atoms with Gasteiger partial charge in [-0.15, -0.1) is 0 Å². The van der Waals surface area contributed by atoms with Gasteiger partial charge < -0.3 is 9.64 Å². The van der Waals surface area contributed by atoms with Crippen molar-refractivity contribution in [2.45, 2.75) is 64.0 Å². The number of anilines is 1. The first-order chi connectivity index (χ1) is 18.6. The van der Waals surface area contributed by atoms with Gasteiger partial charge in [-0.05, 0) is 45.6 Å². The molecular formula is C28H33FN6O4. The molecule has 0 radical (unpaired) electrons. The summed E-state index contributed by atoms with van der Waals surface area (Å²) in [6.07, 6.45) is 4.21. The maximum absolute atomic E-state index is 14.8. The van der Waals surface area contributed by atoms with Crippen molar-refractivity contribution < 1.29 is 23.5 Å². The van der Waals surface area contributed by atoms with E-state index in [2.05, 4.69) is 15.1 Å². The molecule has 2 fully saturated rings.